The zero-order valence-electron chi connectivity index (χ0n) is 9.38. The monoisotopic (exact) mass is 385 g/mol. The van der Waals surface area contributed by atoms with Crippen LogP contribution in [0.2, 0.25) is 5.02 Å². The topological polar surface area (TPSA) is 55.4 Å². The standard InChI is InChI=1S/C11H10ClFINO3/c1-18-11(17)9(14)5-15-10(16)6-2-3-8(13)7(12)4-6/h2-4,9H,5H2,1H3,(H,15,16). The first kappa shape index (κ1) is 15.2. The fourth-order valence-corrected chi connectivity index (χ4v) is 1.79. The zero-order chi connectivity index (χ0) is 13.7. The second-order valence-corrected chi connectivity index (χ2v) is 5.24. The Kier molecular flexibility index (Phi) is 5.80. The molecule has 0 fully saturated rings. The van der Waals surface area contributed by atoms with Crippen molar-refractivity contribution in [3.8, 4) is 0 Å². The van der Waals surface area contributed by atoms with Gasteiger partial charge in [-0.3, -0.25) is 9.59 Å². The number of halogens is 3. The second-order valence-electron chi connectivity index (χ2n) is 3.33. The number of carbonyl (C=O) groups excluding carboxylic acids is 2. The number of carbonyl (C=O) groups is 2. The van der Waals surface area contributed by atoms with E-state index in [1.165, 1.54) is 19.2 Å². The van der Waals surface area contributed by atoms with Gasteiger partial charge in [0.1, 0.15) is 9.74 Å². The van der Waals surface area contributed by atoms with E-state index in [0.717, 1.165) is 6.07 Å². The molecule has 1 N–H and O–H groups in total. The number of methoxy groups -OCH3 is 1. The smallest absolute Gasteiger partial charge is 0.320 e. The number of rotatable bonds is 4. The lowest BCUT2D eigenvalue weighted by atomic mass is 10.2. The van der Waals surface area contributed by atoms with Crippen LogP contribution in [0, 0.1) is 5.82 Å². The van der Waals surface area contributed by atoms with Crippen LogP contribution in [0.15, 0.2) is 18.2 Å². The molecule has 18 heavy (non-hydrogen) atoms. The first-order valence-electron chi connectivity index (χ1n) is 4.91. The van der Waals surface area contributed by atoms with E-state index in [-0.39, 0.29) is 17.1 Å². The van der Waals surface area contributed by atoms with E-state index in [1.54, 1.807) is 0 Å². The molecule has 1 atom stereocenters. The van der Waals surface area contributed by atoms with Crippen molar-refractivity contribution in [2.75, 3.05) is 13.7 Å². The van der Waals surface area contributed by atoms with Crippen molar-refractivity contribution < 1.29 is 18.7 Å². The third kappa shape index (κ3) is 4.09. The third-order valence-electron chi connectivity index (χ3n) is 2.08. The van der Waals surface area contributed by atoms with Gasteiger partial charge in [0.25, 0.3) is 5.91 Å². The average Bonchev–Trinajstić information content (AvgIpc) is 2.37. The molecule has 0 bridgehead atoms. The highest BCUT2D eigenvalue weighted by Gasteiger charge is 2.16. The van der Waals surface area contributed by atoms with E-state index in [0.29, 0.717) is 0 Å². The van der Waals surface area contributed by atoms with Crippen LogP contribution in [0.3, 0.4) is 0 Å². The van der Waals surface area contributed by atoms with Crippen LogP contribution in [0.25, 0.3) is 0 Å². The number of alkyl halides is 1. The first-order valence-corrected chi connectivity index (χ1v) is 6.53. The van der Waals surface area contributed by atoms with Gasteiger partial charge in [0.15, 0.2) is 0 Å². The molecule has 0 aliphatic rings. The maximum atomic E-state index is 12.9. The van der Waals surface area contributed by atoms with Crippen LogP contribution < -0.4 is 5.32 Å². The number of hydrogen-bond acceptors (Lipinski definition) is 3. The molecular weight excluding hydrogens is 375 g/mol. The number of amides is 1. The van der Waals surface area contributed by atoms with Crippen molar-refractivity contribution >= 4 is 46.1 Å². The predicted molar refractivity (Wildman–Crippen MR) is 73.6 cm³/mol. The van der Waals surface area contributed by atoms with Gasteiger partial charge >= 0.3 is 5.97 Å². The summed E-state index contributed by atoms with van der Waals surface area (Å²) in [6.45, 7) is 0.126. The van der Waals surface area contributed by atoms with Crippen LogP contribution in [-0.2, 0) is 9.53 Å². The number of benzene rings is 1. The molecule has 0 aliphatic carbocycles. The van der Waals surface area contributed by atoms with Gasteiger partial charge in [0.05, 0.1) is 12.1 Å². The molecule has 1 rings (SSSR count). The molecule has 1 aromatic rings. The molecule has 0 spiro atoms. The summed E-state index contributed by atoms with van der Waals surface area (Å²) in [6.07, 6.45) is 0. The van der Waals surface area contributed by atoms with Crippen molar-refractivity contribution in [2.45, 2.75) is 3.92 Å². The molecular formula is C11H10ClFINO3. The van der Waals surface area contributed by atoms with Crippen molar-refractivity contribution in [2.24, 2.45) is 0 Å². The van der Waals surface area contributed by atoms with Crippen LogP contribution in [0.5, 0.6) is 0 Å². The summed E-state index contributed by atoms with van der Waals surface area (Å²) >= 11 is 7.42. The summed E-state index contributed by atoms with van der Waals surface area (Å²) in [5.41, 5.74) is 0.231. The van der Waals surface area contributed by atoms with Crippen LogP contribution >= 0.6 is 34.2 Å². The Hall–Kier alpha value is -0.890. The van der Waals surface area contributed by atoms with E-state index < -0.39 is 21.6 Å². The lowest BCUT2D eigenvalue weighted by Crippen LogP contribution is -2.33. The zero-order valence-corrected chi connectivity index (χ0v) is 12.3. The van der Waals surface area contributed by atoms with E-state index in [4.69, 9.17) is 11.6 Å². The average molecular weight is 386 g/mol. The molecule has 0 saturated carbocycles. The third-order valence-corrected chi connectivity index (χ3v) is 3.32. The highest BCUT2D eigenvalue weighted by molar-refractivity contribution is 14.1. The normalized spacial score (nSPS) is 11.8. The molecule has 1 amide bonds. The fourth-order valence-electron chi connectivity index (χ4n) is 1.13. The molecule has 0 aromatic heterocycles. The minimum Gasteiger partial charge on any atom is -0.468 e. The maximum Gasteiger partial charge on any atom is 0.320 e. The Bertz CT molecular complexity index is 470. The second kappa shape index (κ2) is 6.89. The summed E-state index contributed by atoms with van der Waals surface area (Å²) in [4.78, 5) is 22.8. The van der Waals surface area contributed by atoms with Crippen molar-refractivity contribution in [1.29, 1.82) is 0 Å². The van der Waals surface area contributed by atoms with Crippen molar-refractivity contribution in [3.63, 3.8) is 0 Å². The van der Waals surface area contributed by atoms with Gasteiger partial charge in [-0.25, -0.2) is 4.39 Å². The minimum atomic E-state index is -0.588. The lowest BCUT2D eigenvalue weighted by molar-refractivity contribution is -0.139. The van der Waals surface area contributed by atoms with Crippen molar-refractivity contribution in [3.05, 3.63) is 34.6 Å². The molecule has 98 valence electrons. The Morgan fingerprint density at radius 2 is 2.22 bits per heavy atom. The highest BCUT2D eigenvalue weighted by atomic mass is 127. The molecule has 0 saturated heterocycles. The van der Waals surface area contributed by atoms with Gasteiger partial charge in [-0.15, -0.1) is 0 Å². The van der Waals surface area contributed by atoms with Crippen molar-refractivity contribution in [1.82, 2.24) is 5.32 Å². The quantitative estimate of drug-likeness (QED) is 0.491. The van der Waals surface area contributed by atoms with Crippen LogP contribution in [0.1, 0.15) is 10.4 Å². The molecule has 7 heteroatoms. The van der Waals surface area contributed by atoms with E-state index in [9.17, 15) is 14.0 Å². The van der Waals surface area contributed by atoms with Gasteiger partial charge < -0.3 is 10.1 Å². The summed E-state index contributed by atoms with van der Waals surface area (Å²) in [6, 6.07) is 3.66. The Morgan fingerprint density at radius 3 is 2.78 bits per heavy atom. The summed E-state index contributed by atoms with van der Waals surface area (Å²) in [7, 11) is 1.27. The van der Waals surface area contributed by atoms with E-state index in [2.05, 4.69) is 10.1 Å². The lowest BCUT2D eigenvalue weighted by Gasteiger charge is -2.09. The van der Waals surface area contributed by atoms with Gasteiger partial charge in [-0.2, -0.15) is 0 Å². The van der Waals surface area contributed by atoms with E-state index in [1.807, 2.05) is 22.6 Å². The van der Waals surface area contributed by atoms with Gasteiger partial charge in [-0.05, 0) is 18.2 Å². The first-order chi connectivity index (χ1) is 8.45. The minimum absolute atomic E-state index is 0.123. The number of nitrogens with one attached hydrogen (secondary N) is 1. The number of hydrogen-bond donors (Lipinski definition) is 1. The molecule has 0 radical (unpaired) electrons. The van der Waals surface area contributed by atoms with Gasteiger partial charge in [0.2, 0.25) is 0 Å². The maximum absolute atomic E-state index is 12.9. The van der Waals surface area contributed by atoms with Crippen LogP contribution in [-0.4, -0.2) is 29.5 Å². The molecule has 4 nitrogen and oxygen atoms in total. The molecule has 0 aliphatic heterocycles. The predicted octanol–water partition coefficient (Wildman–Crippen LogP) is 2.19. The van der Waals surface area contributed by atoms with Gasteiger partial charge in [0, 0.05) is 12.1 Å². The Balaban J connectivity index is 2.60. The molecule has 1 unspecified atom stereocenters. The number of ether oxygens (including phenoxy) is 1. The van der Waals surface area contributed by atoms with Crippen LogP contribution in [0.4, 0.5) is 4.39 Å². The van der Waals surface area contributed by atoms with Gasteiger partial charge in [-0.1, -0.05) is 34.2 Å². The highest BCUT2D eigenvalue weighted by Crippen LogP contribution is 2.16. The molecule has 0 heterocycles. The summed E-state index contributed by atoms with van der Waals surface area (Å²) < 4.78 is 16.9. The largest absolute Gasteiger partial charge is 0.468 e. The summed E-state index contributed by atoms with van der Waals surface area (Å²) in [5.74, 6) is -1.44. The van der Waals surface area contributed by atoms with E-state index >= 15 is 0 Å². The fraction of sp³-hybridized carbons (Fsp3) is 0.273. The number of esters is 1. The Morgan fingerprint density at radius 1 is 1.56 bits per heavy atom. The summed E-state index contributed by atoms with van der Waals surface area (Å²) in [5, 5.41) is 2.41. The molecule has 1 aromatic carbocycles. The Labute approximate surface area is 122 Å². The SMILES string of the molecule is COC(=O)C(I)CNC(=O)c1ccc(F)c(Cl)c1.